The lowest BCUT2D eigenvalue weighted by atomic mass is 10.1. The fourth-order valence-corrected chi connectivity index (χ4v) is 4.68. The highest BCUT2D eigenvalue weighted by Gasteiger charge is 2.29. The summed E-state index contributed by atoms with van der Waals surface area (Å²) in [5.74, 6) is -0.641. The second kappa shape index (κ2) is 11.5. The van der Waals surface area contributed by atoms with Crippen molar-refractivity contribution in [1.82, 2.24) is 20.2 Å². The number of nitrogens with one attached hydrogen (secondary N) is 1. The lowest BCUT2D eigenvalue weighted by Crippen LogP contribution is -2.47. The number of hydrazine groups is 1. The van der Waals surface area contributed by atoms with Gasteiger partial charge in [-0.3, -0.25) is 10.2 Å². The summed E-state index contributed by atoms with van der Waals surface area (Å²) in [5.41, 5.74) is 9.31. The van der Waals surface area contributed by atoms with Gasteiger partial charge in [-0.05, 0) is 52.2 Å². The zero-order chi connectivity index (χ0) is 25.7. The third-order valence-corrected chi connectivity index (χ3v) is 6.42. The number of amides is 1. The number of esters is 1. The van der Waals surface area contributed by atoms with Crippen LogP contribution in [0.5, 0.6) is 0 Å². The molecule has 0 saturated carbocycles. The Hall–Kier alpha value is -3.49. The predicted molar refractivity (Wildman–Crippen MR) is 138 cm³/mol. The molecule has 1 atom stereocenters. The van der Waals surface area contributed by atoms with E-state index < -0.39 is 0 Å². The van der Waals surface area contributed by atoms with Gasteiger partial charge in [0.15, 0.2) is 5.69 Å². The largest absolute Gasteiger partial charge is 0.464 e. The first-order chi connectivity index (χ1) is 17.4. The van der Waals surface area contributed by atoms with Gasteiger partial charge < -0.3 is 9.47 Å². The molecule has 1 aliphatic heterocycles. The lowest BCUT2D eigenvalue weighted by molar-refractivity contribution is -0.149. The molecule has 1 amide bonds. The van der Waals surface area contributed by atoms with Crippen molar-refractivity contribution in [3.05, 3.63) is 70.9 Å². The smallest absolute Gasteiger partial charge is 0.332 e. The second-order valence-electron chi connectivity index (χ2n) is 9.14. The molecular weight excluding hydrogens is 456 g/mol. The van der Waals surface area contributed by atoms with Crippen molar-refractivity contribution in [2.75, 3.05) is 26.4 Å². The Bertz CT molecular complexity index is 1220. The Morgan fingerprint density at radius 2 is 1.89 bits per heavy atom. The van der Waals surface area contributed by atoms with E-state index >= 15 is 0 Å². The van der Waals surface area contributed by atoms with Crippen molar-refractivity contribution in [3.8, 4) is 16.9 Å². The molecule has 1 fully saturated rings. The summed E-state index contributed by atoms with van der Waals surface area (Å²) >= 11 is 0. The molecule has 0 spiro atoms. The Balaban J connectivity index is 1.58. The predicted octanol–water partition coefficient (Wildman–Crippen LogP) is 4.15. The van der Waals surface area contributed by atoms with Gasteiger partial charge in [0.25, 0.3) is 5.91 Å². The summed E-state index contributed by atoms with van der Waals surface area (Å²) < 4.78 is 12.3. The number of rotatable bonds is 9. The number of hydrogen-bond donors (Lipinski definition) is 1. The molecule has 1 N–H and O–H groups in total. The fraction of sp³-hybridized carbons (Fsp3) is 0.393. The number of benzene rings is 2. The third kappa shape index (κ3) is 5.66. The Kier molecular flexibility index (Phi) is 8.18. The summed E-state index contributed by atoms with van der Waals surface area (Å²) in [6.45, 7) is 9.10. The Morgan fingerprint density at radius 3 is 2.61 bits per heavy atom. The standard InChI is InChI=1S/C28H34N4O4/c1-5-36-25(33)18-35-17-23-12-9-15-31(23)30-28(34)26-21(4)27(22-10-7-6-8-11-22)32(29-26)24-14-13-19(2)16-20(24)3/h6-8,10-11,13-14,16,23H,5,9,12,15,17-18H2,1-4H3,(H,30,34). The van der Waals surface area contributed by atoms with E-state index in [-0.39, 0.29) is 24.5 Å². The SMILES string of the molecule is CCOC(=O)COCC1CCCN1NC(=O)c1nn(-c2ccc(C)cc2C)c(-c2ccccc2)c1C. The van der Waals surface area contributed by atoms with E-state index in [0.717, 1.165) is 40.9 Å². The van der Waals surface area contributed by atoms with Crippen LogP contribution in [0.1, 0.15) is 46.9 Å². The number of hydrogen-bond acceptors (Lipinski definition) is 6. The van der Waals surface area contributed by atoms with Crippen LogP contribution < -0.4 is 5.43 Å². The first kappa shape index (κ1) is 25.6. The van der Waals surface area contributed by atoms with Crippen molar-refractivity contribution in [1.29, 1.82) is 0 Å². The zero-order valence-electron chi connectivity index (χ0n) is 21.4. The van der Waals surface area contributed by atoms with Crippen LogP contribution in [0.25, 0.3) is 16.9 Å². The van der Waals surface area contributed by atoms with Gasteiger partial charge in [-0.2, -0.15) is 5.10 Å². The monoisotopic (exact) mass is 490 g/mol. The topological polar surface area (TPSA) is 85.7 Å². The fourth-order valence-electron chi connectivity index (χ4n) is 4.68. The molecule has 8 heteroatoms. The summed E-state index contributed by atoms with van der Waals surface area (Å²) in [6, 6.07) is 16.2. The molecule has 4 rings (SSSR count). The first-order valence-corrected chi connectivity index (χ1v) is 12.4. The maximum absolute atomic E-state index is 13.5. The molecular formula is C28H34N4O4. The molecule has 1 aliphatic rings. The van der Waals surface area contributed by atoms with Crippen molar-refractivity contribution in [3.63, 3.8) is 0 Å². The van der Waals surface area contributed by atoms with Gasteiger partial charge in [-0.15, -0.1) is 0 Å². The molecule has 0 bridgehead atoms. The number of ether oxygens (including phenoxy) is 2. The number of nitrogens with zero attached hydrogens (tertiary/aromatic N) is 3. The van der Waals surface area contributed by atoms with Crippen LogP contribution in [0, 0.1) is 20.8 Å². The third-order valence-electron chi connectivity index (χ3n) is 6.42. The molecule has 1 aromatic heterocycles. The van der Waals surface area contributed by atoms with Gasteiger partial charge in [0.1, 0.15) is 6.61 Å². The van der Waals surface area contributed by atoms with Gasteiger partial charge in [-0.1, -0.05) is 48.0 Å². The van der Waals surface area contributed by atoms with Gasteiger partial charge >= 0.3 is 5.97 Å². The van der Waals surface area contributed by atoms with Crippen LogP contribution in [0.3, 0.4) is 0 Å². The highest BCUT2D eigenvalue weighted by atomic mass is 16.6. The van der Waals surface area contributed by atoms with Crippen molar-refractivity contribution >= 4 is 11.9 Å². The van der Waals surface area contributed by atoms with Crippen LogP contribution >= 0.6 is 0 Å². The van der Waals surface area contributed by atoms with E-state index in [2.05, 4.69) is 31.4 Å². The van der Waals surface area contributed by atoms with Crippen molar-refractivity contribution < 1.29 is 19.1 Å². The number of aromatic nitrogens is 2. The van der Waals surface area contributed by atoms with Crippen LogP contribution in [0.15, 0.2) is 48.5 Å². The summed E-state index contributed by atoms with van der Waals surface area (Å²) in [4.78, 5) is 25.0. The highest BCUT2D eigenvalue weighted by molar-refractivity contribution is 5.95. The van der Waals surface area contributed by atoms with Crippen molar-refractivity contribution in [2.45, 2.75) is 46.6 Å². The minimum absolute atomic E-state index is 0.0151. The van der Waals surface area contributed by atoms with Crippen LogP contribution in [-0.2, 0) is 14.3 Å². The highest BCUT2D eigenvalue weighted by Crippen LogP contribution is 2.30. The number of carbonyl (C=O) groups excluding carboxylic acids is 2. The van der Waals surface area contributed by atoms with E-state index in [1.54, 1.807) is 6.92 Å². The molecule has 1 unspecified atom stereocenters. The van der Waals surface area contributed by atoms with Gasteiger partial charge in [-0.25, -0.2) is 14.5 Å². The molecule has 1 saturated heterocycles. The number of carbonyl (C=O) groups is 2. The average Bonchev–Trinajstić information content (AvgIpc) is 3.43. The molecule has 3 aromatic rings. The van der Waals surface area contributed by atoms with Crippen LogP contribution in [-0.4, -0.2) is 59.1 Å². The number of aryl methyl sites for hydroxylation is 2. The zero-order valence-corrected chi connectivity index (χ0v) is 21.4. The molecule has 2 aromatic carbocycles. The molecule has 36 heavy (non-hydrogen) atoms. The minimum Gasteiger partial charge on any atom is -0.464 e. The minimum atomic E-state index is -0.382. The molecule has 0 aliphatic carbocycles. The van der Waals surface area contributed by atoms with E-state index in [1.807, 2.05) is 53.0 Å². The Morgan fingerprint density at radius 1 is 1.11 bits per heavy atom. The summed E-state index contributed by atoms with van der Waals surface area (Å²) in [6.07, 6.45) is 1.80. The normalized spacial score (nSPS) is 15.7. The molecule has 8 nitrogen and oxygen atoms in total. The van der Waals surface area contributed by atoms with Gasteiger partial charge in [0, 0.05) is 17.7 Å². The van der Waals surface area contributed by atoms with E-state index in [4.69, 9.17) is 14.6 Å². The molecule has 0 radical (unpaired) electrons. The van der Waals surface area contributed by atoms with E-state index in [0.29, 0.717) is 25.5 Å². The average molecular weight is 491 g/mol. The summed E-state index contributed by atoms with van der Waals surface area (Å²) in [5, 5.41) is 6.70. The maximum Gasteiger partial charge on any atom is 0.332 e. The quantitative estimate of drug-likeness (QED) is 0.454. The lowest BCUT2D eigenvalue weighted by Gasteiger charge is -2.24. The second-order valence-corrected chi connectivity index (χ2v) is 9.14. The molecule has 2 heterocycles. The van der Waals surface area contributed by atoms with Crippen LogP contribution in [0.4, 0.5) is 0 Å². The van der Waals surface area contributed by atoms with Gasteiger partial charge in [0.2, 0.25) is 0 Å². The van der Waals surface area contributed by atoms with Gasteiger partial charge in [0.05, 0.1) is 30.6 Å². The summed E-state index contributed by atoms with van der Waals surface area (Å²) in [7, 11) is 0. The maximum atomic E-state index is 13.5. The molecule has 190 valence electrons. The van der Waals surface area contributed by atoms with E-state index in [1.165, 1.54) is 5.56 Å². The van der Waals surface area contributed by atoms with Crippen LogP contribution in [0.2, 0.25) is 0 Å². The Labute approximate surface area is 212 Å². The first-order valence-electron chi connectivity index (χ1n) is 12.4. The van der Waals surface area contributed by atoms with Crippen molar-refractivity contribution in [2.24, 2.45) is 0 Å². The van der Waals surface area contributed by atoms with E-state index in [9.17, 15) is 9.59 Å².